The van der Waals surface area contributed by atoms with E-state index in [2.05, 4.69) is 10.0 Å². The second kappa shape index (κ2) is 6.23. The highest BCUT2D eigenvalue weighted by Crippen LogP contribution is 2.17. The Morgan fingerprint density at radius 3 is 2.78 bits per heavy atom. The lowest BCUT2D eigenvalue weighted by Gasteiger charge is -2.08. The van der Waals surface area contributed by atoms with E-state index in [0.29, 0.717) is 4.90 Å². The maximum absolute atomic E-state index is 12.0. The van der Waals surface area contributed by atoms with Gasteiger partial charge in [0, 0.05) is 11.5 Å². The van der Waals surface area contributed by atoms with E-state index in [1.165, 1.54) is 0 Å². The molecule has 18 heavy (non-hydrogen) atoms. The summed E-state index contributed by atoms with van der Waals surface area (Å²) in [6.07, 6.45) is 3.41. The fourth-order valence-electron chi connectivity index (χ4n) is 1.34. The number of nitrogens with zero attached hydrogens (tertiary/aromatic N) is 3. The second-order valence-corrected chi connectivity index (χ2v) is 6.49. The van der Waals surface area contributed by atoms with Crippen LogP contribution in [0.3, 0.4) is 0 Å². The maximum Gasteiger partial charge on any atom is 0.180 e. The van der Waals surface area contributed by atoms with Crippen molar-refractivity contribution in [3.8, 4) is 0 Å². The molecule has 6 heteroatoms. The van der Waals surface area contributed by atoms with Crippen LogP contribution in [0.4, 0.5) is 0 Å². The highest BCUT2D eigenvalue weighted by atomic mass is 32.2. The molecule has 0 atom stereocenters. The molecule has 0 aromatic heterocycles. The Labute approximate surface area is 107 Å². The Hall–Kier alpha value is -1.78. The lowest BCUT2D eigenvalue weighted by atomic mass is 10.2. The summed E-state index contributed by atoms with van der Waals surface area (Å²) < 4.78 is 23.9. The molecule has 0 fully saturated rings. The largest absolute Gasteiger partial charge is 0.223 e. The molecule has 1 aromatic carbocycles. The van der Waals surface area contributed by atoms with Crippen molar-refractivity contribution in [3.05, 3.63) is 46.3 Å². The lowest BCUT2D eigenvalue weighted by Crippen LogP contribution is -2.13. The van der Waals surface area contributed by atoms with E-state index >= 15 is 0 Å². The van der Waals surface area contributed by atoms with Gasteiger partial charge in [0.2, 0.25) is 0 Å². The van der Waals surface area contributed by atoms with Crippen LogP contribution in [0.25, 0.3) is 16.5 Å². The van der Waals surface area contributed by atoms with E-state index in [1.54, 1.807) is 50.3 Å². The van der Waals surface area contributed by atoms with Crippen LogP contribution in [0.5, 0.6) is 0 Å². The number of hydrogen-bond acceptors (Lipinski definition) is 3. The fraction of sp³-hybridized carbons (Fsp3) is 0.333. The van der Waals surface area contributed by atoms with Gasteiger partial charge in [-0.2, -0.15) is 0 Å². The zero-order valence-electron chi connectivity index (χ0n) is 10.3. The SMILES string of the molecule is CC(C)S(=O)(=O)c1cccc(C=CCN=[N+]=[N-])c1. The molecule has 0 saturated carbocycles. The van der Waals surface area contributed by atoms with E-state index in [0.717, 1.165) is 5.56 Å². The Kier molecular flexibility index (Phi) is 4.95. The number of rotatable bonds is 5. The van der Waals surface area contributed by atoms with Gasteiger partial charge in [-0.25, -0.2) is 8.42 Å². The molecule has 0 unspecified atom stereocenters. The molecule has 0 aliphatic carbocycles. The van der Waals surface area contributed by atoms with Gasteiger partial charge in [0.25, 0.3) is 0 Å². The van der Waals surface area contributed by atoms with E-state index in [-0.39, 0.29) is 6.54 Å². The molecule has 0 spiro atoms. The van der Waals surface area contributed by atoms with Crippen LogP contribution >= 0.6 is 0 Å². The van der Waals surface area contributed by atoms with Crippen molar-refractivity contribution < 1.29 is 8.42 Å². The van der Waals surface area contributed by atoms with Crippen LogP contribution in [0.2, 0.25) is 0 Å². The van der Waals surface area contributed by atoms with Crippen molar-refractivity contribution in [3.63, 3.8) is 0 Å². The molecular formula is C12H15N3O2S. The number of benzene rings is 1. The zero-order valence-corrected chi connectivity index (χ0v) is 11.1. The van der Waals surface area contributed by atoms with Crippen molar-refractivity contribution >= 4 is 15.9 Å². The number of azide groups is 1. The highest BCUT2D eigenvalue weighted by molar-refractivity contribution is 7.92. The molecular weight excluding hydrogens is 250 g/mol. The molecule has 0 heterocycles. The summed E-state index contributed by atoms with van der Waals surface area (Å²) in [4.78, 5) is 2.93. The zero-order chi connectivity index (χ0) is 13.6. The van der Waals surface area contributed by atoms with Crippen molar-refractivity contribution in [2.75, 3.05) is 6.54 Å². The van der Waals surface area contributed by atoms with Gasteiger partial charge < -0.3 is 0 Å². The van der Waals surface area contributed by atoms with Crippen LogP contribution in [-0.4, -0.2) is 20.2 Å². The number of hydrogen-bond donors (Lipinski definition) is 0. The molecule has 0 N–H and O–H groups in total. The van der Waals surface area contributed by atoms with Crippen molar-refractivity contribution in [2.24, 2.45) is 5.11 Å². The van der Waals surface area contributed by atoms with Gasteiger partial charge in [-0.3, -0.25) is 0 Å². The quantitative estimate of drug-likeness (QED) is 0.465. The van der Waals surface area contributed by atoms with Gasteiger partial charge >= 0.3 is 0 Å². The predicted molar refractivity (Wildman–Crippen MR) is 71.8 cm³/mol. The molecule has 0 amide bonds. The summed E-state index contributed by atoms with van der Waals surface area (Å²) in [5.41, 5.74) is 8.89. The number of sulfone groups is 1. The highest BCUT2D eigenvalue weighted by Gasteiger charge is 2.18. The van der Waals surface area contributed by atoms with Crippen molar-refractivity contribution in [1.82, 2.24) is 0 Å². The Balaban J connectivity index is 3.00. The molecule has 96 valence electrons. The van der Waals surface area contributed by atoms with Gasteiger partial charge in [0.05, 0.1) is 10.1 Å². The first-order valence-electron chi connectivity index (χ1n) is 5.50. The maximum atomic E-state index is 12.0. The minimum absolute atomic E-state index is 0.248. The molecule has 5 nitrogen and oxygen atoms in total. The summed E-state index contributed by atoms with van der Waals surface area (Å²) in [7, 11) is -3.25. The van der Waals surface area contributed by atoms with Crippen LogP contribution in [0.15, 0.2) is 40.4 Å². The molecule has 1 aromatic rings. The van der Waals surface area contributed by atoms with Gasteiger partial charge in [-0.1, -0.05) is 29.4 Å². The third kappa shape index (κ3) is 3.61. The predicted octanol–water partition coefficient (Wildman–Crippen LogP) is 3.19. The fourth-order valence-corrected chi connectivity index (χ4v) is 2.45. The molecule has 0 saturated heterocycles. The summed E-state index contributed by atoms with van der Waals surface area (Å²) in [5.74, 6) is 0. The topological polar surface area (TPSA) is 82.9 Å². The summed E-state index contributed by atoms with van der Waals surface area (Å²) in [6.45, 7) is 3.55. The first-order valence-corrected chi connectivity index (χ1v) is 7.04. The van der Waals surface area contributed by atoms with E-state index in [9.17, 15) is 8.42 Å². The van der Waals surface area contributed by atoms with Crippen LogP contribution < -0.4 is 0 Å². The second-order valence-electron chi connectivity index (χ2n) is 3.98. The van der Waals surface area contributed by atoms with Crippen molar-refractivity contribution in [2.45, 2.75) is 24.0 Å². The average Bonchev–Trinajstić information content (AvgIpc) is 2.35. The Morgan fingerprint density at radius 1 is 1.44 bits per heavy atom. The van der Waals surface area contributed by atoms with Crippen LogP contribution in [-0.2, 0) is 9.84 Å². The molecule has 1 rings (SSSR count). The molecule has 0 bridgehead atoms. The Morgan fingerprint density at radius 2 is 2.17 bits per heavy atom. The monoisotopic (exact) mass is 265 g/mol. The van der Waals surface area contributed by atoms with E-state index in [1.807, 2.05) is 0 Å². The standard InChI is InChI=1S/C12H15N3O2S/c1-10(2)18(16,17)12-7-3-5-11(9-12)6-4-8-14-15-13/h3-7,9-10H,8H2,1-2H3. The minimum atomic E-state index is -3.25. The molecule has 0 aliphatic heterocycles. The molecule has 0 radical (unpaired) electrons. The van der Waals surface area contributed by atoms with Gasteiger partial charge in [-0.15, -0.1) is 0 Å². The van der Waals surface area contributed by atoms with Gasteiger partial charge in [0.1, 0.15) is 0 Å². The smallest absolute Gasteiger partial charge is 0.180 e. The van der Waals surface area contributed by atoms with Gasteiger partial charge in [0.15, 0.2) is 9.84 Å². The average molecular weight is 265 g/mol. The summed E-state index contributed by atoms with van der Waals surface area (Å²) in [5, 5.41) is 2.92. The van der Waals surface area contributed by atoms with E-state index in [4.69, 9.17) is 5.53 Å². The van der Waals surface area contributed by atoms with Crippen LogP contribution in [0, 0.1) is 0 Å². The van der Waals surface area contributed by atoms with Gasteiger partial charge in [-0.05, 0) is 37.1 Å². The van der Waals surface area contributed by atoms with Crippen molar-refractivity contribution in [1.29, 1.82) is 0 Å². The van der Waals surface area contributed by atoms with Crippen LogP contribution in [0.1, 0.15) is 19.4 Å². The third-order valence-electron chi connectivity index (χ3n) is 2.37. The first-order chi connectivity index (χ1) is 8.48. The Bertz CT molecular complexity index is 585. The normalized spacial score (nSPS) is 11.7. The first kappa shape index (κ1) is 14.3. The summed E-state index contributed by atoms with van der Waals surface area (Å²) in [6, 6.07) is 6.69. The molecule has 0 aliphatic rings. The summed E-state index contributed by atoms with van der Waals surface area (Å²) >= 11 is 0. The lowest BCUT2D eigenvalue weighted by molar-refractivity contribution is 0.587. The van der Waals surface area contributed by atoms with E-state index < -0.39 is 15.1 Å². The third-order valence-corrected chi connectivity index (χ3v) is 4.52. The minimum Gasteiger partial charge on any atom is -0.223 e.